The van der Waals surface area contributed by atoms with Crippen LogP contribution in [0.3, 0.4) is 0 Å². The second-order valence-corrected chi connectivity index (χ2v) is 8.70. The largest absolute Gasteiger partial charge is 0.381 e. The molecular formula is C24H26FNO2. The van der Waals surface area contributed by atoms with Crippen LogP contribution in [0.2, 0.25) is 0 Å². The summed E-state index contributed by atoms with van der Waals surface area (Å²) < 4.78 is 20.6. The molecule has 2 aromatic carbocycles. The highest BCUT2D eigenvalue weighted by Crippen LogP contribution is 2.50. The predicted octanol–water partition coefficient (Wildman–Crippen LogP) is 4.95. The fourth-order valence-electron chi connectivity index (χ4n) is 4.91. The lowest BCUT2D eigenvalue weighted by atomic mass is 9.75. The molecule has 2 fully saturated rings. The van der Waals surface area contributed by atoms with Crippen molar-refractivity contribution in [2.75, 3.05) is 24.7 Å². The third-order valence-corrected chi connectivity index (χ3v) is 6.93. The lowest BCUT2D eigenvalue weighted by Gasteiger charge is -2.37. The number of hydrogen-bond donors (Lipinski definition) is 0. The molecular weight excluding hydrogens is 353 g/mol. The summed E-state index contributed by atoms with van der Waals surface area (Å²) >= 11 is 0. The van der Waals surface area contributed by atoms with E-state index < -0.39 is 5.67 Å². The van der Waals surface area contributed by atoms with Gasteiger partial charge in [-0.15, -0.1) is 0 Å². The Labute approximate surface area is 165 Å². The van der Waals surface area contributed by atoms with E-state index in [1.807, 2.05) is 6.07 Å². The first-order valence-electron chi connectivity index (χ1n) is 10.3. The standard InChI is InChI=1S/C24H26FNO2/c1-17-3-5-18(6-4-17)19-7-8-21-20(15-19)23(11-13-28-14-12-23)16-26(21)22(27)24(25)9-2-10-24/h3-8,15H,2,9-14,16H2,1H3. The molecule has 146 valence electrons. The van der Waals surface area contributed by atoms with E-state index in [1.54, 1.807) is 4.90 Å². The predicted molar refractivity (Wildman–Crippen MR) is 108 cm³/mol. The Morgan fingerprint density at radius 1 is 1.00 bits per heavy atom. The van der Waals surface area contributed by atoms with Crippen LogP contribution in [0.1, 0.15) is 43.2 Å². The maximum absolute atomic E-state index is 15.0. The number of nitrogens with zero attached hydrogens (tertiary/aromatic N) is 1. The molecule has 1 saturated carbocycles. The van der Waals surface area contributed by atoms with Crippen molar-refractivity contribution in [2.45, 2.75) is 50.1 Å². The molecule has 5 rings (SSSR count). The van der Waals surface area contributed by atoms with Crippen LogP contribution in [0, 0.1) is 6.92 Å². The van der Waals surface area contributed by atoms with Crippen molar-refractivity contribution < 1.29 is 13.9 Å². The van der Waals surface area contributed by atoms with Crippen molar-refractivity contribution in [3.8, 4) is 11.1 Å². The Balaban J connectivity index is 1.58. The number of ether oxygens (including phenoxy) is 1. The Kier molecular flexibility index (Phi) is 4.09. The van der Waals surface area contributed by atoms with Gasteiger partial charge in [0.25, 0.3) is 5.91 Å². The van der Waals surface area contributed by atoms with Crippen molar-refractivity contribution in [1.82, 2.24) is 0 Å². The number of alkyl halides is 1. The molecule has 0 N–H and O–H groups in total. The molecule has 1 saturated heterocycles. The van der Waals surface area contributed by atoms with E-state index in [2.05, 4.69) is 43.3 Å². The zero-order valence-electron chi connectivity index (χ0n) is 16.3. The molecule has 28 heavy (non-hydrogen) atoms. The van der Waals surface area contributed by atoms with Gasteiger partial charge in [-0.05, 0) is 67.9 Å². The van der Waals surface area contributed by atoms with Crippen molar-refractivity contribution in [2.24, 2.45) is 0 Å². The van der Waals surface area contributed by atoms with Gasteiger partial charge in [-0.3, -0.25) is 4.79 Å². The normalized spacial score (nSPS) is 22.0. The van der Waals surface area contributed by atoms with E-state index >= 15 is 0 Å². The summed E-state index contributed by atoms with van der Waals surface area (Å²) in [7, 11) is 0. The smallest absolute Gasteiger partial charge is 0.264 e. The van der Waals surface area contributed by atoms with Gasteiger partial charge in [0.15, 0.2) is 5.67 Å². The van der Waals surface area contributed by atoms with Gasteiger partial charge in [-0.1, -0.05) is 35.9 Å². The molecule has 2 aromatic rings. The Hall–Kier alpha value is -2.20. The van der Waals surface area contributed by atoms with Gasteiger partial charge in [0.2, 0.25) is 0 Å². The summed E-state index contributed by atoms with van der Waals surface area (Å²) in [6.07, 6.45) is 3.26. The Morgan fingerprint density at radius 2 is 1.68 bits per heavy atom. The molecule has 0 bridgehead atoms. The van der Waals surface area contributed by atoms with E-state index in [9.17, 15) is 9.18 Å². The van der Waals surface area contributed by atoms with Gasteiger partial charge in [0, 0.05) is 30.9 Å². The van der Waals surface area contributed by atoms with E-state index in [4.69, 9.17) is 4.74 Å². The lowest BCUT2D eigenvalue weighted by Crippen LogP contribution is -2.51. The van der Waals surface area contributed by atoms with Crippen molar-refractivity contribution >= 4 is 11.6 Å². The second kappa shape index (κ2) is 6.41. The summed E-state index contributed by atoms with van der Waals surface area (Å²) in [5, 5.41) is 0. The molecule has 3 nitrogen and oxygen atoms in total. The quantitative estimate of drug-likeness (QED) is 0.739. The summed E-state index contributed by atoms with van der Waals surface area (Å²) in [5.74, 6) is -0.341. The van der Waals surface area contributed by atoms with Crippen LogP contribution in [0.5, 0.6) is 0 Å². The van der Waals surface area contributed by atoms with Crippen molar-refractivity contribution in [1.29, 1.82) is 0 Å². The molecule has 0 aromatic heterocycles. The van der Waals surface area contributed by atoms with Crippen molar-refractivity contribution in [3.05, 3.63) is 53.6 Å². The minimum atomic E-state index is -1.66. The van der Waals surface area contributed by atoms with E-state index in [0.29, 0.717) is 32.6 Å². The van der Waals surface area contributed by atoms with Gasteiger partial charge in [-0.25, -0.2) is 4.39 Å². The number of aryl methyl sites for hydroxylation is 1. The average Bonchev–Trinajstić information content (AvgIpc) is 3.00. The monoisotopic (exact) mass is 379 g/mol. The molecule has 4 heteroatoms. The first-order chi connectivity index (χ1) is 13.5. The SMILES string of the molecule is Cc1ccc(-c2ccc3c(c2)C2(CCOCC2)CN3C(=O)C2(F)CCC2)cc1. The first-order valence-corrected chi connectivity index (χ1v) is 10.3. The second-order valence-electron chi connectivity index (χ2n) is 8.70. The van der Waals surface area contributed by atoms with Gasteiger partial charge in [-0.2, -0.15) is 0 Å². The molecule has 0 unspecified atom stereocenters. The summed E-state index contributed by atoms with van der Waals surface area (Å²) in [6.45, 7) is 4.04. The number of carbonyl (C=O) groups excluding carboxylic acids is 1. The maximum Gasteiger partial charge on any atom is 0.264 e. The minimum Gasteiger partial charge on any atom is -0.381 e. The number of halogens is 1. The molecule has 3 aliphatic rings. The van der Waals surface area contributed by atoms with Gasteiger partial charge >= 0.3 is 0 Å². The van der Waals surface area contributed by atoms with Gasteiger partial charge < -0.3 is 9.64 Å². The van der Waals surface area contributed by atoms with Gasteiger partial charge in [0.05, 0.1) is 0 Å². The number of hydrogen-bond acceptors (Lipinski definition) is 2. The molecule has 1 spiro atoms. The van der Waals surface area contributed by atoms with Crippen LogP contribution in [-0.4, -0.2) is 31.3 Å². The Morgan fingerprint density at radius 3 is 2.32 bits per heavy atom. The molecule has 0 radical (unpaired) electrons. The molecule has 2 heterocycles. The number of benzene rings is 2. The third kappa shape index (κ3) is 2.69. The molecule has 1 aliphatic carbocycles. The molecule has 1 amide bonds. The minimum absolute atomic E-state index is 0.121. The highest BCUT2D eigenvalue weighted by molar-refractivity contribution is 6.02. The van der Waals surface area contributed by atoms with Crippen LogP contribution < -0.4 is 4.90 Å². The van der Waals surface area contributed by atoms with E-state index in [-0.39, 0.29) is 11.3 Å². The topological polar surface area (TPSA) is 29.5 Å². The Bertz CT molecular complexity index is 911. The third-order valence-electron chi connectivity index (χ3n) is 6.93. The highest BCUT2D eigenvalue weighted by atomic mass is 19.1. The summed E-state index contributed by atoms with van der Waals surface area (Å²) in [4.78, 5) is 14.8. The van der Waals surface area contributed by atoms with E-state index in [0.717, 1.165) is 30.5 Å². The van der Waals surface area contributed by atoms with Crippen molar-refractivity contribution in [3.63, 3.8) is 0 Å². The lowest BCUT2D eigenvalue weighted by molar-refractivity contribution is -0.135. The van der Waals surface area contributed by atoms with Crippen LogP contribution in [0.4, 0.5) is 10.1 Å². The fourth-order valence-corrected chi connectivity index (χ4v) is 4.91. The van der Waals surface area contributed by atoms with Crippen LogP contribution >= 0.6 is 0 Å². The number of amides is 1. The molecule has 0 atom stereocenters. The fraction of sp³-hybridized carbons (Fsp3) is 0.458. The summed E-state index contributed by atoms with van der Waals surface area (Å²) in [5.41, 5.74) is 3.85. The van der Waals surface area contributed by atoms with Gasteiger partial charge in [0.1, 0.15) is 0 Å². The van der Waals surface area contributed by atoms with Crippen LogP contribution in [0.25, 0.3) is 11.1 Å². The van der Waals surface area contributed by atoms with Crippen LogP contribution in [0.15, 0.2) is 42.5 Å². The maximum atomic E-state index is 15.0. The first kappa shape index (κ1) is 17.9. The zero-order chi connectivity index (χ0) is 19.4. The number of rotatable bonds is 2. The highest BCUT2D eigenvalue weighted by Gasteiger charge is 2.52. The number of fused-ring (bicyclic) bond motifs is 2. The molecule has 2 aliphatic heterocycles. The summed E-state index contributed by atoms with van der Waals surface area (Å²) in [6, 6.07) is 14.8. The van der Waals surface area contributed by atoms with Crippen LogP contribution in [-0.2, 0) is 14.9 Å². The number of anilines is 1. The van der Waals surface area contributed by atoms with E-state index in [1.165, 1.54) is 16.7 Å². The zero-order valence-corrected chi connectivity index (χ0v) is 16.3. The number of carbonyl (C=O) groups is 1. The average molecular weight is 379 g/mol.